The van der Waals surface area contributed by atoms with Crippen LogP contribution in [0.4, 0.5) is 4.79 Å². The van der Waals surface area contributed by atoms with Gasteiger partial charge in [0.05, 0.1) is 13.2 Å². The van der Waals surface area contributed by atoms with Crippen LogP contribution in [0.25, 0.3) is 0 Å². The first-order valence-electron chi connectivity index (χ1n) is 4.55. The number of carbonyl (C=O) groups excluding carboxylic acids is 1. The molecule has 1 aliphatic heterocycles. The van der Waals surface area contributed by atoms with E-state index in [-0.39, 0.29) is 12.1 Å². The minimum Gasteiger partial charge on any atom is -0.453 e. The number of hydrogen-bond acceptors (Lipinski definition) is 4. The molecule has 1 amide bonds. The largest absolute Gasteiger partial charge is 0.453 e. The van der Waals surface area contributed by atoms with Crippen molar-refractivity contribution >= 4 is 29.0 Å². The van der Waals surface area contributed by atoms with Crippen LogP contribution in [0.2, 0.25) is 0 Å². The highest BCUT2D eigenvalue weighted by atomic mass is 127. The molecule has 0 aromatic heterocycles. The summed E-state index contributed by atoms with van der Waals surface area (Å²) in [5.74, 6) is 0.342. The number of nitrogens with two attached hydrogens (primary N) is 1. The van der Waals surface area contributed by atoms with E-state index in [9.17, 15) is 4.79 Å². The number of methoxy groups -OCH3 is 1. The van der Waals surface area contributed by atoms with Crippen LogP contribution in [0.15, 0.2) is 0 Å². The highest BCUT2D eigenvalue weighted by molar-refractivity contribution is 14.1. The van der Waals surface area contributed by atoms with Crippen molar-refractivity contribution in [3.8, 4) is 0 Å². The zero-order chi connectivity index (χ0) is 10.7. The summed E-state index contributed by atoms with van der Waals surface area (Å²) in [6, 6.07) is -0.0248. The number of amides is 1. The van der Waals surface area contributed by atoms with Crippen LogP contribution in [-0.2, 0) is 4.74 Å². The molecule has 14 heavy (non-hydrogen) atoms. The van der Waals surface area contributed by atoms with Gasteiger partial charge in [0, 0.05) is 42.0 Å². The van der Waals surface area contributed by atoms with Gasteiger partial charge in [-0.25, -0.2) is 7.91 Å². The Balaban J connectivity index is 2.53. The molecule has 1 aliphatic rings. The number of rotatable bonds is 1. The molecule has 5 nitrogen and oxygen atoms in total. The molecule has 0 spiro atoms. The van der Waals surface area contributed by atoms with Crippen molar-refractivity contribution < 1.29 is 9.53 Å². The lowest BCUT2D eigenvalue weighted by Crippen LogP contribution is -2.59. The second kappa shape index (κ2) is 5.13. The highest BCUT2D eigenvalue weighted by Crippen LogP contribution is 2.18. The lowest BCUT2D eigenvalue weighted by atomic mass is 9.92. The van der Waals surface area contributed by atoms with E-state index in [1.165, 1.54) is 7.11 Å². The summed E-state index contributed by atoms with van der Waals surface area (Å²) in [7, 11) is 1.36. The molecule has 0 saturated carbocycles. The Bertz CT molecular complexity index is 203. The Kier molecular flexibility index (Phi) is 4.39. The highest BCUT2D eigenvalue weighted by Gasteiger charge is 2.32. The van der Waals surface area contributed by atoms with Crippen molar-refractivity contribution in [2.24, 2.45) is 11.7 Å². The first kappa shape index (κ1) is 12.0. The van der Waals surface area contributed by atoms with Gasteiger partial charge in [0.15, 0.2) is 0 Å². The van der Waals surface area contributed by atoms with E-state index >= 15 is 0 Å². The number of carbonyl (C=O) groups is 1. The molecule has 0 aromatic carbocycles. The molecule has 3 N–H and O–H groups in total. The van der Waals surface area contributed by atoms with Crippen LogP contribution in [0.5, 0.6) is 0 Å². The molecule has 0 aromatic rings. The molecule has 6 heteroatoms. The molecule has 1 fully saturated rings. The second-order valence-corrected chi connectivity index (χ2v) is 5.00. The molecular formula is C8H16IN3O2. The van der Waals surface area contributed by atoms with Crippen molar-refractivity contribution in [3.05, 3.63) is 0 Å². The summed E-state index contributed by atoms with van der Waals surface area (Å²) in [4.78, 5) is 11.0. The van der Waals surface area contributed by atoms with E-state index < -0.39 is 6.09 Å². The third-order valence-corrected chi connectivity index (χ3v) is 3.23. The van der Waals surface area contributed by atoms with Gasteiger partial charge in [-0.2, -0.15) is 0 Å². The molecule has 0 bridgehead atoms. The van der Waals surface area contributed by atoms with Gasteiger partial charge in [-0.3, -0.25) is 0 Å². The number of piperidine rings is 1. The molecule has 3 atom stereocenters. The van der Waals surface area contributed by atoms with Crippen LogP contribution in [0.3, 0.4) is 0 Å². The van der Waals surface area contributed by atoms with Crippen molar-refractivity contribution in [2.45, 2.75) is 19.0 Å². The fraction of sp³-hybridized carbons (Fsp3) is 0.875. The smallest absolute Gasteiger partial charge is 0.407 e. The van der Waals surface area contributed by atoms with Crippen molar-refractivity contribution in [3.63, 3.8) is 0 Å². The van der Waals surface area contributed by atoms with Crippen molar-refractivity contribution in [1.82, 2.24) is 8.43 Å². The average Bonchev–Trinajstić information content (AvgIpc) is 2.10. The molecule has 0 aliphatic carbocycles. The van der Waals surface area contributed by atoms with Crippen LogP contribution < -0.4 is 11.1 Å². The second-order valence-electron chi connectivity index (χ2n) is 3.63. The maximum Gasteiger partial charge on any atom is 0.407 e. The maximum absolute atomic E-state index is 11.0. The van der Waals surface area contributed by atoms with E-state index in [1.807, 2.05) is 0 Å². The van der Waals surface area contributed by atoms with Crippen LogP contribution in [0.1, 0.15) is 6.92 Å². The van der Waals surface area contributed by atoms with E-state index in [0.29, 0.717) is 5.92 Å². The topological polar surface area (TPSA) is 67.6 Å². The Morgan fingerprint density at radius 1 is 1.64 bits per heavy atom. The summed E-state index contributed by atoms with van der Waals surface area (Å²) in [5.41, 5.74) is 5.95. The number of nitrogens with zero attached hydrogens (tertiary/aromatic N) is 1. The van der Waals surface area contributed by atoms with E-state index in [1.54, 1.807) is 0 Å². The van der Waals surface area contributed by atoms with E-state index in [4.69, 9.17) is 5.73 Å². The molecular weight excluding hydrogens is 297 g/mol. The van der Waals surface area contributed by atoms with E-state index in [2.05, 4.69) is 43.0 Å². The Hall–Kier alpha value is -0.0800. The van der Waals surface area contributed by atoms with Gasteiger partial charge in [-0.1, -0.05) is 6.92 Å². The third kappa shape index (κ3) is 2.96. The zero-order valence-corrected chi connectivity index (χ0v) is 10.5. The standard InChI is InChI=1S/C8H16IN3O2/c1-5-3-12(9)4-6(10)7(5)11-8(13)14-2/h5-7H,3-4,10H2,1-2H3,(H,11,13)/t5-,6+,7+/m0/s1. The Morgan fingerprint density at radius 2 is 2.29 bits per heavy atom. The van der Waals surface area contributed by atoms with Gasteiger partial charge in [0.2, 0.25) is 0 Å². The van der Waals surface area contributed by atoms with Gasteiger partial charge in [-0.05, 0) is 5.92 Å². The summed E-state index contributed by atoms with van der Waals surface area (Å²) in [5, 5.41) is 2.77. The van der Waals surface area contributed by atoms with Gasteiger partial charge in [0.1, 0.15) is 0 Å². The molecule has 1 rings (SSSR count). The summed E-state index contributed by atoms with van der Waals surface area (Å²) in [6.07, 6.45) is -0.404. The van der Waals surface area contributed by atoms with Gasteiger partial charge in [-0.15, -0.1) is 0 Å². The quantitative estimate of drug-likeness (QED) is 0.541. The average molecular weight is 313 g/mol. The minimum absolute atomic E-state index is 0.00784. The van der Waals surface area contributed by atoms with Crippen molar-refractivity contribution in [2.75, 3.05) is 20.2 Å². The zero-order valence-electron chi connectivity index (χ0n) is 8.37. The Morgan fingerprint density at radius 3 is 2.79 bits per heavy atom. The molecule has 1 saturated heterocycles. The summed E-state index contributed by atoms with van der Waals surface area (Å²) < 4.78 is 6.70. The monoisotopic (exact) mass is 313 g/mol. The van der Waals surface area contributed by atoms with Gasteiger partial charge < -0.3 is 15.8 Å². The first-order valence-corrected chi connectivity index (χ1v) is 5.52. The minimum atomic E-state index is -0.404. The summed E-state index contributed by atoms with van der Waals surface area (Å²) >= 11 is 2.25. The number of ether oxygens (including phenoxy) is 1. The number of hydrogen-bond donors (Lipinski definition) is 2. The lowest BCUT2D eigenvalue weighted by molar-refractivity contribution is 0.148. The van der Waals surface area contributed by atoms with E-state index in [0.717, 1.165) is 13.1 Å². The van der Waals surface area contributed by atoms with Crippen molar-refractivity contribution in [1.29, 1.82) is 0 Å². The van der Waals surface area contributed by atoms with Crippen LogP contribution in [-0.4, -0.2) is 41.5 Å². The molecule has 0 radical (unpaired) electrons. The molecule has 0 unspecified atom stereocenters. The first-order chi connectivity index (χ1) is 6.54. The third-order valence-electron chi connectivity index (χ3n) is 2.44. The number of alkyl carbamates (subject to hydrolysis) is 1. The number of nitrogens with one attached hydrogen (secondary N) is 1. The predicted octanol–water partition coefficient (Wildman–Crippen LogP) is 0.340. The normalized spacial score (nSPS) is 33.9. The number of halogens is 1. The van der Waals surface area contributed by atoms with Gasteiger partial charge >= 0.3 is 6.09 Å². The fourth-order valence-electron chi connectivity index (χ4n) is 1.71. The van der Waals surface area contributed by atoms with Gasteiger partial charge in [0.25, 0.3) is 0 Å². The molecule has 82 valence electrons. The molecule has 1 heterocycles. The van der Waals surface area contributed by atoms with Crippen LogP contribution in [0, 0.1) is 5.92 Å². The maximum atomic E-state index is 11.0. The fourth-order valence-corrected chi connectivity index (χ4v) is 2.79. The van der Waals surface area contributed by atoms with Crippen LogP contribution >= 0.6 is 22.9 Å². The summed E-state index contributed by atoms with van der Waals surface area (Å²) in [6.45, 7) is 3.80. The Labute approximate surface area is 97.8 Å². The SMILES string of the molecule is COC(=O)N[C@H]1[C@H](N)CN(I)C[C@@H]1C. The predicted molar refractivity (Wildman–Crippen MR) is 62.1 cm³/mol. The lowest BCUT2D eigenvalue weighted by Gasteiger charge is -2.38.